The van der Waals surface area contributed by atoms with Crippen LogP contribution in [0.4, 0.5) is 0 Å². The van der Waals surface area contributed by atoms with E-state index in [0.717, 1.165) is 29.9 Å². The molecule has 2 unspecified atom stereocenters. The van der Waals surface area contributed by atoms with Gasteiger partial charge in [-0.05, 0) is 38.3 Å². The van der Waals surface area contributed by atoms with Crippen LogP contribution in [0.1, 0.15) is 32.8 Å². The van der Waals surface area contributed by atoms with E-state index in [1.807, 2.05) is 32.0 Å². The van der Waals surface area contributed by atoms with Gasteiger partial charge in [0.2, 0.25) is 0 Å². The highest BCUT2D eigenvalue weighted by molar-refractivity contribution is 5.47. The van der Waals surface area contributed by atoms with E-state index in [1.165, 1.54) is 0 Å². The summed E-state index contributed by atoms with van der Waals surface area (Å²) < 4.78 is 16.8. The van der Waals surface area contributed by atoms with Crippen molar-refractivity contribution in [3.63, 3.8) is 0 Å². The van der Waals surface area contributed by atoms with Gasteiger partial charge in [0.05, 0.1) is 12.7 Å². The Morgan fingerprint density at radius 3 is 2.55 bits per heavy atom. The summed E-state index contributed by atoms with van der Waals surface area (Å²) in [5.41, 5.74) is 7.15. The predicted molar refractivity (Wildman–Crippen MR) is 81.5 cm³/mol. The Balaban J connectivity index is 2.93. The molecule has 2 atom stereocenters. The fourth-order valence-corrected chi connectivity index (χ4v) is 1.85. The van der Waals surface area contributed by atoms with E-state index in [0.29, 0.717) is 13.2 Å². The molecule has 0 aliphatic heterocycles. The number of nitrogens with two attached hydrogens (primary N) is 1. The zero-order valence-electron chi connectivity index (χ0n) is 13.0. The molecule has 0 saturated heterocycles. The molecule has 0 heterocycles. The first-order valence-electron chi connectivity index (χ1n) is 7.28. The van der Waals surface area contributed by atoms with Crippen molar-refractivity contribution in [1.82, 2.24) is 0 Å². The summed E-state index contributed by atoms with van der Waals surface area (Å²) in [5, 5.41) is 0. The molecule has 0 fully saturated rings. The van der Waals surface area contributed by atoms with Gasteiger partial charge in [0.1, 0.15) is 6.61 Å². The minimum absolute atomic E-state index is 0.0392. The Kier molecular flexibility index (Phi) is 7.41. The van der Waals surface area contributed by atoms with Crippen molar-refractivity contribution in [1.29, 1.82) is 0 Å². The Morgan fingerprint density at radius 2 is 1.95 bits per heavy atom. The molecule has 0 bridgehead atoms. The average Bonchev–Trinajstić information content (AvgIpc) is 2.46. The zero-order valence-corrected chi connectivity index (χ0v) is 13.0. The lowest BCUT2D eigenvalue weighted by molar-refractivity contribution is 0.0699. The van der Waals surface area contributed by atoms with Gasteiger partial charge in [-0.25, -0.2) is 0 Å². The minimum Gasteiger partial charge on any atom is -0.490 e. The monoisotopic (exact) mass is 281 g/mol. The van der Waals surface area contributed by atoms with Gasteiger partial charge >= 0.3 is 0 Å². The van der Waals surface area contributed by atoms with Crippen LogP contribution in [0.5, 0.6) is 11.5 Å². The molecule has 1 rings (SSSR count). The van der Waals surface area contributed by atoms with Crippen LogP contribution in [0.2, 0.25) is 0 Å². The normalized spacial score (nSPS) is 13.8. The van der Waals surface area contributed by atoms with E-state index in [4.69, 9.17) is 19.9 Å². The van der Waals surface area contributed by atoms with E-state index >= 15 is 0 Å². The first-order valence-corrected chi connectivity index (χ1v) is 7.28. The zero-order chi connectivity index (χ0) is 15.0. The van der Waals surface area contributed by atoms with Gasteiger partial charge in [0.25, 0.3) is 0 Å². The van der Waals surface area contributed by atoms with Gasteiger partial charge in [-0.2, -0.15) is 0 Å². The van der Waals surface area contributed by atoms with E-state index in [-0.39, 0.29) is 12.1 Å². The van der Waals surface area contributed by atoms with Crippen molar-refractivity contribution < 1.29 is 14.2 Å². The summed E-state index contributed by atoms with van der Waals surface area (Å²) >= 11 is 0. The van der Waals surface area contributed by atoms with Gasteiger partial charge in [-0.1, -0.05) is 19.1 Å². The molecule has 1 aromatic rings. The van der Waals surface area contributed by atoms with Gasteiger partial charge in [0, 0.05) is 13.2 Å². The summed E-state index contributed by atoms with van der Waals surface area (Å²) in [4.78, 5) is 0. The molecular weight excluding hydrogens is 254 g/mol. The predicted octanol–water partition coefficient (Wildman–Crippen LogP) is 2.78. The number of methoxy groups -OCH3 is 1. The van der Waals surface area contributed by atoms with Crippen LogP contribution < -0.4 is 15.2 Å². The molecule has 4 nitrogen and oxygen atoms in total. The third-order valence-corrected chi connectivity index (χ3v) is 3.23. The molecule has 114 valence electrons. The average molecular weight is 281 g/mol. The summed E-state index contributed by atoms with van der Waals surface area (Å²) in [6, 6.07) is 6.09. The first-order chi connectivity index (χ1) is 9.62. The number of benzene rings is 1. The molecule has 1 aromatic carbocycles. The van der Waals surface area contributed by atoms with Crippen LogP contribution in [0.25, 0.3) is 0 Å². The van der Waals surface area contributed by atoms with Crippen LogP contribution in [-0.2, 0) is 11.2 Å². The van der Waals surface area contributed by atoms with Gasteiger partial charge < -0.3 is 19.9 Å². The summed E-state index contributed by atoms with van der Waals surface area (Å²) in [5.74, 6) is 1.57. The Morgan fingerprint density at radius 1 is 1.20 bits per heavy atom. The second kappa shape index (κ2) is 8.82. The van der Waals surface area contributed by atoms with E-state index in [9.17, 15) is 0 Å². The van der Waals surface area contributed by atoms with Crippen LogP contribution in [-0.4, -0.2) is 32.5 Å². The largest absolute Gasteiger partial charge is 0.490 e. The van der Waals surface area contributed by atoms with Crippen LogP contribution in [0.3, 0.4) is 0 Å². The molecule has 4 heteroatoms. The van der Waals surface area contributed by atoms with Crippen molar-refractivity contribution in [2.24, 2.45) is 5.73 Å². The van der Waals surface area contributed by atoms with Gasteiger partial charge in [0.15, 0.2) is 11.5 Å². The lowest BCUT2D eigenvalue weighted by Crippen LogP contribution is -2.22. The highest BCUT2D eigenvalue weighted by atomic mass is 16.5. The maximum absolute atomic E-state index is 6.06. The van der Waals surface area contributed by atoms with Gasteiger partial charge in [-0.15, -0.1) is 0 Å². The third kappa shape index (κ3) is 5.02. The lowest BCUT2D eigenvalue weighted by Gasteiger charge is -2.19. The maximum atomic E-state index is 6.06. The molecule has 0 radical (unpaired) electrons. The summed E-state index contributed by atoms with van der Waals surface area (Å²) in [6.07, 6.45) is 1.76. The fraction of sp³-hybridized carbons (Fsp3) is 0.625. The third-order valence-electron chi connectivity index (χ3n) is 3.23. The fourth-order valence-electron chi connectivity index (χ4n) is 1.85. The van der Waals surface area contributed by atoms with Gasteiger partial charge in [-0.3, -0.25) is 0 Å². The van der Waals surface area contributed by atoms with Crippen LogP contribution in [0, 0.1) is 0 Å². The number of rotatable bonds is 9. The van der Waals surface area contributed by atoms with Crippen molar-refractivity contribution in [2.45, 2.75) is 45.8 Å². The van der Waals surface area contributed by atoms with Crippen LogP contribution >= 0.6 is 0 Å². The molecule has 0 amide bonds. The Labute approximate surface area is 122 Å². The number of hydrogen-bond acceptors (Lipinski definition) is 4. The van der Waals surface area contributed by atoms with Crippen molar-refractivity contribution >= 4 is 0 Å². The number of para-hydroxylation sites is 1. The second-order valence-corrected chi connectivity index (χ2v) is 4.91. The van der Waals surface area contributed by atoms with E-state index in [2.05, 4.69) is 6.92 Å². The SMILES string of the molecule is CCOc1cccc(CC(N)CC)c1OCC(C)OC. The van der Waals surface area contributed by atoms with Crippen molar-refractivity contribution in [2.75, 3.05) is 20.3 Å². The highest BCUT2D eigenvalue weighted by Crippen LogP contribution is 2.32. The molecule has 2 N–H and O–H groups in total. The first kappa shape index (κ1) is 16.8. The molecular formula is C16H27NO3. The lowest BCUT2D eigenvalue weighted by atomic mass is 10.0. The molecule has 0 spiro atoms. The summed E-state index contributed by atoms with van der Waals surface area (Å²) in [7, 11) is 1.68. The molecule has 0 aliphatic carbocycles. The van der Waals surface area contributed by atoms with Crippen molar-refractivity contribution in [3.8, 4) is 11.5 Å². The standard InChI is InChI=1S/C16H27NO3/c1-5-14(17)10-13-8-7-9-15(19-6-2)16(13)20-11-12(3)18-4/h7-9,12,14H,5-6,10-11,17H2,1-4H3. The topological polar surface area (TPSA) is 53.7 Å². The second-order valence-electron chi connectivity index (χ2n) is 4.91. The molecule has 0 saturated carbocycles. The molecule has 0 aromatic heterocycles. The number of ether oxygens (including phenoxy) is 3. The van der Waals surface area contributed by atoms with E-state index in [1.54, 1.807) is 7.11 Å². The molecule has 20 heavy (non-hydrogen) atoms. The Bertz CT molecular complexity index is 395. The Hall–Kier alpha value is -1.26. The summed E-state index contributed by atoms with van der Waals surface area (Å²) in [6.45, 7) is 7.13. The van der Waals surface area contributed by atoms with Crippen molar-refractivity contribution in [3.05, 3.63) is 23.8 Å². The minimum atomic E-state index is 0.0392. The number of hydrogen-bond donors (Lipinski definition) is 1. The maximum Gasteiger partial charge on any atom is 0.164 e. The van der Waals surface area contributed by atoms with E-state index < -0.39 is 0 Å². The van der Waals surface area contributed by atoms with Crippen LogP contribution in [0.15, 0.2) is 18.2 Å². The highest BCUT2D eigenvalue weighted by Gasteiger charge is 2.14. The smallest absolute Gasteiger partial charge is 0.164 e. The quantitative estimate of drug-likeness (QED) is 0.756. The molecule has 0 aliphatic rings.